The van der Waals surface area contributed by atoms with Gasteiger partial charge in [0.05, 0.1) is 31.1 Å². The Kier molecular flexibility index (Phi) is 9.54. The second-order valence-corrected chi connectivity index (χ2v) is 9.42. The van der Waals surface area contributed by atoms with Gasteiger partial charge in [-0.1, -0.05) is 53.1 Å². The van der Waals surface area contributed by atoms with Crippen molar-refractivity contribution in [3.63, 3.8) is 0 Å². The Morgan fingerprint density at radius 3 is 2.55 bits per heavy atom. The molecule has 4 rings (SSSR count). The number of carbonyl (C=O) groups is 1. The molecule has 7 nitrogen and oxygen atoms in total. The summed E-state index contributed by atoms with van der Waals surface area (Å²) in [6.45, 7) is 6.81. The fourth-order valence-corrected chi connectivity index (χ4v) is 4.53. The van der Waals surface area contributed by atoms with Crippen LogP contribution in [0.15, 0.2) is 72.0 Å². The molecule has 38 heavy (non-hydrogen) atoms. The van der Waals surface area contributed by atoms with E-state index in [2.05, 4.69) is 65.5 Å². The van der Waals surface area contributed by atoms with Gasteiger partial charge < -0.3 is 18.8 Å². The number of methoxy groups -OCH3 is 1. The number of halogens is 1. The van der Waals surface area contributed by atoms with Crippen molar-refractivity contribution in [3.8, 4) is 5.75 Å². The first kappa shape index (κ1) is 27.4. The van der Waals surface area contributed by atoms with Crippen LogP contribution < -0.4 is 10.2 Å². The fraction of sp³-hybridized carbons (Fsp3) is 0.267. The zero-order chi connectivity index (χ0) is 26.9. The number of fused-ring (bicyclic) bond motifs is 1. The number of carbonyl (C=O) groups excluding carboxylic acids is 1. The topological polar surface area (TPSA) is 74.1 Å². The molecule has 198 valence electrons. The molecule has 1 amide bonds. The number of benzene rings is 3. The average Bonchev–Trinajstić information content (AvgIpc) is 3.29. The first-order valence-electron chi connectivity index (χ1n) is 12.4. The summed E-state index contributed by atoms with van der Waals surface area (Å²) >= 11 is 6.30. The largest absolute Gasteiger partial charge is 0.490 e. The Balaban J connectivity index is 1.37. The molecule has 0 fully saturated rings. The molecular weight excluding hydrogens is 502 g/mol. The molecule has 0 bridgehead atoms. The van der Waals surface area contributed by atoms with Gasteiger partial charge in [0.2, 0.25) is 0 Å². The number of hydrazone groups is 1. The number of amides is 1. The van der Waals surface area contributed by atoms with Gasteiger partial charge in [-0.3, -0.25) is 4.79 Å². The van der Waals surface area contributed by atoms with Crippen LogP contribution in [0.3, 0.4) is 0 Å². The number of nitrogens with zero attached hydrogens (tertiary/aromatic N) is 2. The molecular formula is C30H32ClN3O4. The monoisotopic (exact) mass is 533 g/mol. The van der Waals surface area contributed by atoms with Crippen LogP contribution in [-0.4, -0.2) is 50.2 Å². The van der Waals surface area contributed by atoms with Crippen molar-refractivity contribution in [3.05, 3.63) is 99.7 Å². The summed E-state index contributed by atoms with van der Waals surface area (Å²) in [6.07, 6.45) is 3.74. The number of aromatic nitrogens is 1. The van der Waals surface area contributed by atoms with E-state index in [1.165, 1.54) is 16.7 Å². The van der Waals surface area contributed by atoms with Crippen LogP contribution in [0.4, 0.5) is 0 Å². The molecule has 0 atom stereocenters. The first-order valence-corrected chi connectivity index (χ1v) is 12.8. The molecule has 0 saturated heterocycles. The highest BCUT2D eigenvalue weighted by atomic mass is 35.5. The minimum Gasteiger partial charge on any atom is -0.490 e. The van der Waals surface area contributed by atoms with Crippen LogP contribution in [-0.2, 0) is 16.0 Å². The van der Waals surface area contributed by atoms with Crippen molar-refractivity contribution >= 4 is 34.6 Å². The fourth-order valence-electron chi connectivity index (χ4n) is 4.29. The number of nitrogens with one attached hydrogen (secondary N) is 1. The highest BCUT2D eigenvalue weighted by Gasteiger charge is 2.10. The van der Waals surface area contributed by atoms with Crippen LogP contribution in [0.5, 0.6) is 5.75 Å². The van der Waals surface area contributed by atoms with Gasteiger partial charge in [-0.2, -0.15) is 5.10 Å². The van der Waals surface area contributed by atoms with Crippen LogP contribution in [0.25, 0.3) is 10.9 Å². The van der Waals surface area contributed by atoms with Crippen molar-refractivity contribution in [1.82, 2.24) is 9.99 Å². The lowest BCUT2D eigenvalue weighted by atomic mass is 10.1. The maximum Gasteiger partial charge on any atom is 0.271 e. The summed E-state index contributed by atoms with van der Waals surface area (Å²) < 4.78 is 18.1. The van der Waals surface area contributed by atoms with Gasteiger partial charge in [0, 0.05) is 41.9 Å². The molecule has 4 aromatic rings. The van der Waals surface area contributed by atoms with Gasteiger partial charge in [0.1, 0.15) is 12.4 Å². The summed E-state index contributed by atoms with van der Waals surface area (Å²) in [6, 6.07) is 19.6. The third-order valence-electron chi connectivity index (χ3n) is 5.96. The maximum absolute atomic E-state index is 12.6. The normalized spacial score (nSPS) is 11.4. The molecule has 0 unspecified atom stereocenters. The number of aryl methyl sites for hydroxylation is 2. The predicted octanol–water partition coefficient (Wildman–Crippen LogP) is 5.77. The van der Waals surface area contributed by atoms with Crippen molar-refractivity contribution in [2.45, 2.75) is 20.4 Å². The van der Waals surface area contributed by atoms with Gasteiger partial charge in [0.15, 0.2) is 0 Å². The molecule has 0 aliphatic rings. The lowest BCUT2D eigenvalue weighted by Crippen LogP contribution is -2.17. The van der Waals surface area contributed by atoms with Crippen molar-refractivity contribution in [1.29, 1.82) is 0 Å². The van der Waals surface area contributed by atoms with E-state index in [9.17, 15) is 4.79 Å². The zero-order valence-electron chi connectivity index (χ0n) is 21.9. The lowest BCUT2D eigenvalue weighted by Gasteiger charge is -2.09. The molecule has 1 heterocycles. The Morgan fingerprint density at radius 1 is 1.00 bits per heavy atom. The third-order valence-corrected chi connectivity index (χ3v) is 6.26. The third kappa shape index (κ3) is 7.22. The van der Waals surface area contributed by atoms with E-state index in [-0.39, 0.29) is 5.91 Å². The first-order chi connectivity index (χ1) is 18.4. The van der Waals surface area contributed by atoms with Crippen molar-refractivity contribution in [2.75, 3.05) is 33.5 Å². The smallest absolute Gasteiger partial charge is 0.271 e. The highest BCUT2D eigenvalue weighted by molar-refractivity contribution is 6.32. The molecule has 0 aliphatic carbocycles. The Bertz CT molecular complexity index is 1410. The molecule has 8 heteroatoms. The summed E-state index contributed by atoms with van der Waals surface area (Å²) in [5.74, 6) is 0.122. The molecule has 0 saturated carbocycles. The van der Waals surface area contributed by atoms with Crippen LogP contribution in [0.2, 0.25) is 5.02 Å². The standard InChI is InChI=1S/C30H32ClN3O4/c1-21-15-22(2)17-23(16-21)20-34-10-9-26-25(5-4-6-28(26)34)19-32-33-30(35)24-7-8-29(27(31)18-24)38-14-13-37-12-11-36-3/h4-10,15-19H,11-14,20H2,1-3H3,(H,33,35)/b32-19+. The molecule has 0 aliphatic heterocycles. The average molecular weight is 534 g/mol. The number of ether oxygens (including phenoxy) is 3. The van der Waals surface area contributed by atoms with E-state index in [1.807, 2.05) is 12.1 Å². The van der Waals surface area contributed by atoms with E-state index >= 15 is 0 Å². The molecule has 0 radical (unpaired) electrons. The molecule has 1 aromatic heterocycles. The predicted molar refractivity (Wildman–Crippen MR) is 152 cm³/mol. The number of hydrogen-bond donors (Lipinski definition) is 1. The van der Waals surface area contributed by atoms with E-state index < -0.39 is 0 Å². The van der Waals surface area contributed by atoms with Gasteiger partial charge in [-0.05, 0) is 49.7 Å². The highest BCUT2D eigenvalue weighted by Crippen LogP contribution is 2.25. The van der Waals surface area contributed by atoms with E-state index in [0.717, 1.165) is 23.0 Å². The Morgan fingerprint density at radius 2 is 1.79 bits per heavy atom. The molecule has 1 N–H and O–H groups in total. The Labute approximate surface area is 228 Å². The second kappa shape index (κ2) is 13.2. The van der Waals surface area contributed by atoms with Gasteiger partial charge in [-0.25, -0.2) is 5.43 Å². The van der Waals surface area contributed by atoms with Crippen molar-refractivity contribution in [2.24, 2.45) is 5.10 Å². The summed E-state index contributed by atoms with van der Waals surface area (Å²) in [7, 11) is 1.62. The summed E-state index contributed by atoms with van der Waals surface area (Å²) in [4.78, 5) is 12.6. The number of rotatable bonds is 12. The second-order valence-electron chi connectivity index (χ2n) is 9.02. The van der Waals surface area contributed by atoms with Crippen molar-refractivity contribution < 1.29 is 19.0 Å². The van der Waals surface area contributed by atoms with Crippen LogP contribution in [0, 0.1) is 13.8 Å². The van der Waals surface area contributed by atoms with Crippen LogP contribution >= 0.6 is 11.6 Å². The minimum atomic E-state index is -0.364. The number of hydrogen-bond acceptors (Lipinski definition) is 5. The van der Waals surface area contributed by atoms with E-state index in [0.29, 0.717) is 42.8 Å². The molecule has 3 aromatic carbocycles. The maximum atomic E-state index is 12.6. The molecule has 0 spiro atoms. The van der Waals surface area contributed by atoms with Crippen LogP contribution in [0.1, 0.15) is 32.6 Å². The van der Waals surface area contributed by atoms with Gasteiger partial charge >= 0.3 is 0 Å². The quantitative estimate of drug-likeness (QED) is 0.143. The summed E-state index contributed by atoms with van der Waals surface area (Å²) in [5.41, 5.74) is 8.75. The van der Waals surface area contributed by atoms with E-state index in [1.54, 1.807) is 31.5 Å². The SMILES string of the molecule is COCCOCCOc1ccc(C(=O)N/N=C/c2cccc3c2ccn3Cc2cc(C)cc(C)c2)cc1Cl. The summed E-state index contributed by atoms with van der Waals surface area (Å²) in [5, 5.41) is 5.59. The Hall–Kier alpha value is -3.65. The van der Waals surface area contributed by atoms with E-state index in [4.69, 9.17) is 25.8 Å². The van der Waals surface area contributed by atoms with Gasteiger partial charge in [-0.15, -0.1) is 0 Å². The zero-order valence-corrected chi connectivity index (χ0v) is 22.6. The lowest BCUT2D eigenvalue weighted by molar-refractivity contribution is 0.0544. The van der Waals surface area contributed by atoms with Gasteiger partial charge in [0.25, 0.3) is 5.91 Å². The minimum absolute atomic E-state index is 0.341.